The highest BCUT2D eigenvalue weighted by Gasteiger charge is 2.21. The van der Waals surface area contributed by atoms with Crippen LogP contribution in [0.1, 0.15) is 13.3 Å². The molecule has 0 radical (unpaired) electrons. The highest BCUT2D eigenvalue weighted by atomic mass is 16.5. The maximum absolute atomic E-state index is 5.45. The molecule has 0 aliphatic carbocycles. The van der Waals surface area contributed by atoms with Gasteiger partial charge < -0.3 is 10.1 Å². The third-order valence-corrected chi connectivity index (χ3v) is 3.82. The largest absolute Gasteiger partial charge is 0.382 e. The fourth-order valence-electron chi connectivity index (χ4n) is 2.61. The lowest BCUT2D eigenvalue weighted by atomic mass is 10.00. The number of hydrogen-bond donors (Lipinski definition) is 1. The standard InChI is InChI=1S/C16H19NO/c1-12(15-8-9-18-11-15)17-16-7-6-13-4-2-3-5-14(13)10-16/h2-7,10,12,15,17H,8-9,11H2,1H3. The summed E-state index contributed by atoms with van der Waals surface area (Å²) in [6, 6.07) is 15.5. The second-order valence-electron chi connectivity index (χ2n) is 5.12. The molecule has 0 aromatic heterocycles. The van der Waals surface area contributed by atoms with Crippen LogP contribution in [-0.2, 0) is 4.74 Å². The molecule has 3 rings (SSSR count). The predicted molar refractivity (Wildman–Crippen MR) is 76.0 cm³/mol. The summed E-state index contributed by atoms with van der Waals surface area (Å²) in [7, 11) is 0. The normalized spacial score (nSPS) is 21.1. The third-order valence-electron chi connectivity index (χ3n) is 3.82. The summed E-state index contributed by atoms with van der Waals surface area (Å²) >= 11 is 0. The first kappa shape index (κ1) is 11.5. The smallest absolute Gasteiger partial charge is 0.0514 e. The average Bonchev–Trinajstić information content (AvgIpc) is 2.92. The maximum atomic E-state index is 5.45. The molecule has 94 valence electrons. The van der Waals surface area contributed by atoms with Crippen LogP contribution in [0.15, 0.2) is 42.5 Å². The first-order valence-corrected chi connectivity index (χ1v) is 6.66. The van der Waals surface area contributed by atoms with E-state index in [9.17, 15) is 0 Å². The van der Waals surface area contributed by atoms with Crippen LogP contribution in [0.25, 0.3) is 10.8 Å². The Hall–Kier alpha value is -1.54. The van der Waals surface area contributed by atoms with Crippen LogP contribution in [0.5, 0.6) is 0 Å². The number of rotatable bonds is 3. The molecule has 0 bridgehead atoms. The van der Waals surface area contributed by atoms with E-state index < -0.39 is 0 Å². The van der Waals surface area contributed by atoms with Gasteiger partial charge in [0.05, 0.1) is 6.61 Å². The van der Waals surface area contributed by atoms with Crippen molar-refractivity contribution in [3.05, 3.63) is 42.5 Å². The molecule has 1 N–H and O–H groups in total. The Kier molecular flexibility index (Phi) is 3.20. The van der Waals surface area contributed by atoms with E-state index >= 15 is 0 Å². The van der Waals surface area contributed by atoms with Crippen LogP contribution in [0.2, 0.25) is 0 Å². The van der Waals surface area contributed by atoms with E-state index in [2.05, 4.69) is 54.7 Å². The van der Waals surface area contributed by atoms with Crippen LogP contribution in [-0.4, -0.2) is 19.3 Å². The van der Waals surface area contributed by atoms with Crippen LogP contribution < -0.4 is 5.32 Å². The minimum absolute atomic E-state index is 0.466. The third kappa shape index (κ3) is 2.34. The van der Waals surface area contributed by atoms with E-state index in [0.29, 0.717) is 12.0 Å². The topological polar surface area (TPSA) is 21.3 Å². The second kappa shape index (κ2) is 4.99. The summed E-state index contributed by atoms with van der Waals surface area (Å²) < 4.78 is 5.45. The summed E-state index contributed by atoms with van der Waals surface area (Å²) in [6.45, 7) is 4.05. The summed E-state index contributed by atoms with van der Waals surface area (Å²) in [6.07, 6.45) is 1.17. The van der Waals surface area contributed by atoms with Gasteiger partial charge in [0.25, 0.3) is 0 Å². The monoisotopic (exact) mass is 241 g/mol. The van der Waals surface area contributed by atoms with Crippen molar-refractivity contribution in [2.24, 2.45) is 5.92 Å². The molecular weight excluding hydrogens is 222 g/mol. The molecule has 1 aliphatic heterocycles. The van der Waals surface area contributed by atoms with Crippen molar-refractivity contribution >= 4 is 16.5 Å². The molecule has 1 heterocycles. The van der Waals surface area contributed by atoms with Crippen LogP contribution in [0.3, 0.4) is 0 Å². The molecule has 0 amide bonds. The van der Waals surface area contributed by atoms with Crippen molar-refractivity contribution in [3.8, 4) is 0 Å². The highest BCUT2D eigenvalue weighted by Crippen LogP contribution is 2.23. The summed E-state index contributed by atoms with van der Waals surface area (Å²) in [4.78, 5) is 0. The van der Waals surface area contributed by atoms with Crippen LogP contribution >= 0.6 is 0 Å². The molecule has 0 saturated carbocycles. The Bertz CT molecular complexity index is 531. The van der Waals surface area contributed by atoms with Gasteiger partial charge in [-0.1, -0.05) is 30.3 Å². The molecule has 1 fully saturated rings. The summed E-state index contributed by atoms with van der Waals surface area (Å²) in [5, 5.41) is 6.18. The molecule has 2 unspecified atom stereocenters. The van der Waals surface area contributed by atoms with Gasteiger partial charge in [0.1, 0.15) is 0 Å². The fraction of sp³-hybridized carbons (Fsp3) is 0.375. The van der Waals surface area contributed by atoms with E-state index in [1.807, 2.05) is 0 Å². The zero-order valence-corrected chi connectivity index (χ0v) is 10.7. The van der Waals surface area contributed by atoms with Gasteiger partial charge in [-0.25, -0.2) is 0 Å². The number of anilines is 1. The van der Waals surface area contributed by atoms with E-state index in [1.165, 1.54) is 22.9 Å². The first-order chi connectivity index (χ1) is 8.83. The number of fused-ring (bicyclic) bond motifs is 1. The van der Waals surface area contributed by atoms with Gasteiger partial charge >= 0.3 is 0 Å². The lowest BCUT2D eigenvalue weighted by Crippen LogP contribution is -2.26. The Morgan fingerprint density at radius 3 is 2.78 bits per heavy atom. The van der Waals surface area contributed by atoms with Crippen LogP contribution in [0, 0.1) is 5.92 Å². The number of hydrogen-bond acceptors (Lipinski definition) is 2. The second-order valence-corrected chi connectivity index (χ2v) is 5.12. The Balaban J connectivity index is 1.77. The maximum Gasteiger partial charge on any atom is 0.0514 e. The quantitative estimate of drug-likeness (QED) is 0.885. The molecule has 2 nitrogen and oxygen atoms in total. The zero-order chi connectivity index (χ0) is 12.4. The molecule has 0 spiro atoms. The van der Waals surface area contributed by atoms with Crippen molar-refractivity contribution in [1.82, 2.24) is 0 Å². The van der Waals surface area contributed by atoms with Crippen molar-refractivity contribution in [2.75, 3.05) is 18.5 Å². The van der Waals surface area contributed by atoms with Crippen molar-refractivity contribution < 1.29 is 4.74 Å². The van der Waals surface area contributed by atoms with E-state index in [1.54, 1.807) is 0 Å². The van der Waals surface area contributed by atoms with E-state index in [4.69, 9.17) is 4.74 Å². The van der Waals surface area contributed by atoms with Crippen LogP contribution in [0.4, 0.5) is 5.69 Å². The SMILES string of the molecule is CC(Nc1ccc2ccccc2c1)C1CCOC1. The minimum Gasteiger partial charge on any atom is -0.382 e. The molecule has 1 saturated heterocycles. The molecule has 2 aromatic rings. The number of benzene rings is 2. The van der Waals surface area contributed by atoms with Crippen molar-refractivity contribution in [2.45, 2.75) is 19.4 Å². The van der Waals surface area contributed by atoms with Gasteiger partial charge in [-0.05, 0) is 36.2 Å². The first-order valence-electron chi connectivity index (χ1n) is 6.66. The molecule has 1 aliphatic rings. The average molecular weight is 241 g/mol. The molecule has 2 heteroatoms. The Morgan fingerprint density at radius 1 is 1.17 bits per heavy atom. The van der Waals surface area contributed by atoms with Gasteiger partial charge in [-0.15, -0.1) is 0 Å². The predicted octanol–water partition coefficient (Wildman–Crippen LogP) is 3.68. The van der Waals surface area contributed by atoms with Gasteiger partial charge in [0, 0.05) is 24.3 Å². The summed E-state index contributed by atoms with van der Waals surface area (Å²) in [5.41, 5.74) is 1.20. The fourth-order valence-corrected chi connectivity index (χ4v) is 2.61. The van der Waals surface area contributed by atoms with Gasteiger partial charge in [0.2, 0.25) is 0 Å². The van der Waals surface area contributed by atoms with Crippen molar-refractivity contribution in [1.29, 1.82) is 0 Å². The summed E-state index contributed by atoms with van der Waals surface area (Å²) in [5.74, 6) is 0.636. The molecule has 2 atom stereocenters. The number of ether oxygens (including phenoxy) is 1. The van der Waals surface area contributed by atoms with Gasteiger partial charge in [0.15, 0.2) is 0 Å². The Morgan fingerprint density at radius 2 is 2.00 bits per heavy atom. The molecular formula is C16H19NO. The van der Waals surface area contributed by atoms with Gasteiger partial charge in [-0.2, -0.15) is 0 Å². The molecule has 2 aromatic carbocycles. The van der Waals surface area contributed by atoms with E-state index in [-0.39, 0.29) is 0 Å². The minimum atomic E-state index is 0.466. The molecule has 18 heavy (non-hydrogen) atoms. The lowest BCUT2D eigenvalue weighted by molar-refractivity contribution is 0.183. The van der Waals surface area contributed by atoms with E-state index in [0.717, 1.165) is 13.2 Å². The highest BCUT2D eigenvalue weighted by molar-refractivity contribution is 5.85. The van der Waals surface area contributed by atoms with Gasteiger partial charge in [-0.3, -0.25) is 0 Å². The zero-order valence-electron chi connectivity index (χ0n) is 10.7. The number of nitrogens with one attached hydrogen (secondary N) is 1. The lowest BCUT2D eigenvalue weighted by Gasteiger charge is -2.20. The Labute approximate surface area is 108 Å². The van der Waals surface area contributed by atoms with Crippen molar-refractivity contribution in [3.63, 3.8) is 0 Å².